The molecular formula is C15H24. The third-order valence-corrected chi connectivity index (χ3v) is 2.70. The molecule has 15 heavy (non-hydrogen) atoms. The van der Waals surface area contributed by atoms with Crippen LogP contribution in [0.4, 0.5) is 0 Å². The average Bonchev–Trinajstić information content (AvgIpc) is 2.14. The van der Waals surface area contributed by atoms with E-state index in [1.54, 1.807) is 0 Å². The normalized spacial score (nSPS) is 13.1. The van der Waals surface area contributed by atoms with Gasteiger partial charge in [-0.05, 0) is 40.2 Å². The molecule has 0 heteroatoms. The zero-order valence-electron chi connectivity index (χ0n) is 11.0. The van der Waals surface area contributed by atoms with Crippen molar-refractivity contribution in [3.8, 4) is 0 Å². The van der Waals surface area contributed by atoms with Gasteiger partial charge in [-0.1, -0.05) is 48.5 Å². The summed E-state index contributed by atoms with van der Waals surface area (Å²) in [5, 5.41) is 0. The first-order valence-electron chi connectivity index (χ1n) is 5.51. The molecule has 0 saturated heterocycles. The lowest BCUT2D eigenvalue weighted by Gasteiger charge is -2.16. The lowest BCUT2D eigenvalue weighted by atomic mass is 9.89. The Balaban J connectivity index is 5.14. The van der Waals surface area contributed by atoms with Crippen molar-refractivity contribution in [3.63, 3.8) is 0 Å². The molecule has 1 unspecified atom stereocenters. The number of rotatable bonds is 4. The van der Waals surface area contributed by atoms with E-state index in [-0.39, 0.29) is 0 Å². The second-order valence-corrected chi connectivity index (χ2v) is 4.53. The maximum Gasteiger partial charge on any atom is 0.00194 e. The minimum Gasteiger partial charge on any atom is -0.0991 e. The molecule has 0 aromatic carbocycles. The standard InChI is InChI=1S/C15H24/c1-8-9-15(10-11(2)3)14(7)13(6)12(4)5/h8-10,14H,1H2,2-7H3/b15-9+. The highest BCUT2D eigenvalue weighted by atomic mass is 14.1. The first-order valence-corrected chi connectivity index (χ1v) is 5.51. The predicted molar refractivity (Wildman–Crippen MR) is 70.9 cm³/mol. The van der Waals surface area contributed by atoms with Gasteiger partial charge in [-0.2, -0.15) is 0 Å². The Kier molecular flexibility index (Phi) is 6.00. The Bertz CT molecular complexity index is 303. The van der Waals surface area contributed by atoms with E-state index in [1.807, 2.05) is 6.08 Å². The molecule has 0 bridgehead atoms. The van der Waals surface area contributed by atoms with Crippen molar-refractivity contribution in [2.24, 2.45) is 5.92 Å². The van der Waals surface area contributed by atoms with E-state index < -0.39 is 0 Å². The fourth-order valence-electron chi connectivity index (χ4n) is 1.47. The molecule has 0 aliphatic rings. The Morgan fingerprint density at radius 3 is 1.93 bits per heavy atom. The van der Waals surface area contributed by atoms with Crippen LogP contribution in [0.25, 0.3) is 0 Å². The minimum atomic E-state index is 0.475. The van der Waals surface area contributed by atoms with E-state index >= 15 is 0 Å². The van der Waals surface area contributed by atoms with Gasteiger partial charge in [0.2, 0.25) is 0 Å². The second kappa shape index (κ2) is 6.44. The third-order valence-electron chi connectivity index (χ3n) is 2.70. The lowest BCUT2D eigenvalue weighted by Crippen LogP contribution is -2.01. The van der Waals surface area contributed by atoms with Crippen LogP contribution in [0, 0.1) is 5.92 Å². The van der Waals surface area contributed by atoms with E-state index in [1.165, 1.54) is 22.3 Å². The highest BCUT2D eigenvalue weighted by Gasteiger charge is 2.08. The maximum absolute atomic E-state index is 3.77. The summed E-state index contributed by atoms with van der Waals surface area (Å²) in [5.74, 6) is 0.475. The SMILES string of the molecule is C=C/C=C(\C=C(C)C)C(C)C(C)=C(C)C. The summed E-state index contributed by atoms with van der Waals surface area (Å²) in [5.41, 5.74) is 5.51. The Hall–Kier alpha value is -1.04. The van der Waals surface area contributed by atoms with E-state index in [4.69, 9.17) is 0 Å². The van der Waals surface area contributed by atoms with Crippen molar-refractivity contribution in [1.29, 1.82) is 0 Å². The van der Waals surface area contributed by atoms with E-state index in [0.29, 0.717) is 5.92 Å². The quantitative estimate of drug-likeness (QED) is 0.443. The molecule has 0 N–H and O–H groups in total. The summed E-state index contributed by atoms with van der Waals surface area (Å²) in [6.07, 6.45) is 6.20. The van der Waals surface area contributed by atoms with E-state index in [2.05, 4.69) is 60.3 Å². The highest BCUT2D eigenvalue weighted by Crippen LogP contribution is 2.24. The molecule has 0 saturated carbocycles. The molecule has 0 heterocycles. The van der Waals surface area contributed by atoms with Crippen LogP contribution >= 0.6 is 0 Å². The summed E-state index contributed by atoms with van der Waals surface area (Å²) in [4.78, 5) is 0. The molecule has 0 rings (SSSR count). The fourth-order valence-corrected chi connectivity index (χ4v) is 1.47. The molecular weight excluding hydrogens is 180 g/mol. The molecule has 0 radical (unpaired) electrons. The highest BCUT2D eigenvalue weighted by molar-refractivity contribution is 5.33. The summed E-state index contributed by atoms with van der Waals surface area (Å²) in [7, 11) is 0. The van der Waals surface area contributed by atoms with Gasteiger partial charge in [0.15, 0.2) is 0 Å². The molecule has 0 aromatic heterocycles. The molecule has 0 aliphatic heterocycles. The predicted octanol–water partition coefficient (Wildman–Crippen LogP) is 5.06. The minimum absolute atomic E-state index is 0.475. The third kappa shape index (κ3) is 4.83. The van der Waals surface area contributed by atoms with Crippen LogP contribution in [0.2, 0.25) is 0 Å². The van der Waals surface area contributed by atoms with Crippen LogP contribution in [0.1, 0.15) is 41.5 Å². The second-order valence-electron chi connectivity index (χ2n) is 4.53. The van der Waals surface area contributed by atoms with Gasteiger partial charge in [0.25, 0.3) is 0 Å². The molecule has 0 spiro atoms. The molecule has 0 aliphatic carbocycles. The van der Waals surface area contributed by atoms with Crippen molar-refractivity contribution < 1.29 is 0 Å². The van der Waals surface area contributed by atoms with E-state index in [0.717, 1.165) is 0 Å². The first-order chi connectivity index (χ1) is 6.90. The summed E-state index contributed by atoms with van der Waals surface area (Å²) >= 11 is 0. The number of hydrogen-bond acceptors (Lipinski definition) is 0. The number of allylic oxidation sites excluding steroid dienone is 7. The molecule has 0 aromatic rings. The molecule has 84 valence electrons. The van der Waals surface area contributed by atoms with Gasteiger partial charge in [0.1, 0.15) is 0 Å². The number of hydrogen-bond donors (Lipinski definition) is 0. The molecule has 1 atom stereocenters. The van der Waals surface area contributed by atoms with E-state index in [9.17, 15) is 0 Å². The van der Waals surface area contributed by atoms with Gasteiger partial charge in [-0.25, -0.2) is 0 Å². The van der Waals surface area contributed by atoms with Crippen LogP contribution < -0.4 is 0 Å². The van der Waals surface area contributed by atoms with Crippen molar-refractivity contribution in [2.45, 2.75) is 41.5 Å². The Morgan fingerprint density at radius 1 is 1.07 bits per heavy atom. The molecule has 0 nitrogen and oxygen atoms in total. The maximum atomic E-state index is 3.77. The lowest BCUT2D eigenvalue weighted by molar-refractivity contribution is 0.805. The summed E-state index contributed by atoms with van der Waals surface area (Å²) < 4.78 is 0. The van der Waals surface area contributed by atoms with Crippen LogP contribution in [0.15, 0.2) is 47.1 Å². The van der Waals surface area contributed by atoms with Crippen molar-refractivity contribution in [1.82, 2.24) is 0 Å². The summed E-state index contributed by atoms with van der Waals surface area (Å²) in [6, 6.07) is 0. The van der Waals surface area contributed by atoms with Gasteiger partial charge in [0, 0.05) is 5.92 Å². The van der Waals surface area contributed by atoms with Gasteiger partial charge in [-0.3, -0.25) is 0 Å². The van der Waals surface area contributed by atoms with Crippen LogP contribution in [-0.2, 0) is 0 Å². The van der Waals surface area contributed by atoms with Crippen molar-refractivity contribution in [3.05, 3.63) is 47.1 Å². The monoisotopic (exact) mass is 204 g/mol. The van der Waals surface area contributed by atoms with Crippen LogP contribution in [0.3, 0.4) is 0 Å². The van der Waals surface area contributed by atoms with Crippen molar-refractivity contribution in [2.75, 3.05) is 0 Å². The van der Waals surface area contributed by atoms with Gasteiger partial charge in [-0.15, -0.1) is 0 Å². The van der Waals surface area contributed by atoms with Crippen molar-refractivity contribution >= 4 is 0 Å². The van der Waals surface area contributed by atoms with Crippen LogP contribution in [-0.4, -0.2) is 0 Å². The first kappa shape index (κ1) is 14.0. The smallest absolute Gasteiger partial charge is 0.00194 e. The fraction of sp³-hybridized carbons (Fsp3) is 0.467. The zero-order valence-corrected chi connectivity index (χ0v) is 11.0. The Morgan fingerprint density at radius 2 is 1.60 bits per heavy atom. The zero-order chi connectivity index (χ0) is 12.0. The summed E-state index contributed by atoms with van der Waals surface area (Å²) in [6.45, 7) is 16.8. The van der Waals surface area contributed by atoms with Crippen LogP contribution in [0.5, 0.6) is 0 Å². The van der Waals surface area contributed by atoms with Gasteiger partial charge < -0.3 is 0 Å². The van der Waals surface area contributed by atoms with Gasteiger partial charge in [0.05, 0.1) is 0 Å². The average molecular weight is 204 g/mol. The molecule has 0 amide bonds. The molecule has 0 fully saturated rings. The largest absolute Gasteiger partial charge is 0.0991 e. The Labute approximate surface area is 95.1 Å². The van der Waals surface area contributed by atoms with Gasteiger partial charge >= 0.3 is 0 Å². The topological polar surface area (TPSA) is 0 Å².